The van der Waals surface area contributed by atoms with Gasteiger partial charge in [0, 0.05) is 27.7 Å². The van der Waals surface area contributed by atoms with Crippen molar-refractivity contribution in [2.24, 2.45) is 0 Å². The Balaban J connectivity index is 0.00000182. The number of rotatable bonds is 3. The van der Waals surface area contributed by atoms with Crippen LogP contribution >= 0.6 is 24.0 Å². The predicted molar refractivity (Wildman–Crippen MR) is 104 cm³/mol. The maximum atomic E-state index is 13.1. The predicted octanol–water partition coefficient (Wildman–Crippen LogP) is 6.20. The van der Waals surface area contributed by atoms with E-state index in [0.29, 0.717) is 5.02 Å². The molecule has 1 heterocycles. The zero-order valence-corrected chi connectivity index (χ0v) is 15.0. The molecule has 2 aromatic carbocycles. The highest BCUT2D eigenvalue weighted by Gasteiger charge is 2.18. The van der Waals surface area contributed by atoms with Gasteiger partial charge in [0.2, 0.25) is 0 Å². The topological polar surface area (TPSA) is 24.9 Å². The second kappa shape index (κ2) is 7.42. The molecule has 5 heteroatoms. The third-order valence-corrected chi connectivity index (χ3v) is 4.53. The number of hydrogen-bond acceptors (Lipinski definition) is 2. The lowest BCUT2D eigenvalue weighted by Gasteiger charge is -2.14. The highest BCUT2D eigenvalue weighted by molar-refractivity contribution is 6.30. The molecule has 0 saturated heterocycles. The van der Waals surface area contributed by atoms with Crippen LogP contribution in [-0.4, -0.2) is 4.98 Å². The molecule has 1 N–H and O–H groups in total. The van der Waals surface area contributed by atoms with Crippen LogP contribution in [0.15, 0.2) is 54.6 Å². The first-order chi connectivity index (χ1) is 11.7. The van der Waals surface area contributed by atoms with Crippen LogP contribution in [0.5, 0.6) is 0 Å². The van der Waals surface area contributed by atoms with Crippen molar-refractivity contribution in [2.45, 2.75) is 19.3 Å². The van der Waals surface area contributed by atoms with Gasteiger partial charge in [0.05, 0.1) is 5.69 Å². The normalized spacial score (nSPS) is 12.4. The monoisotopic (exact) mass is 374 g/mol. The van der Waals surface area contributed by atoms with Gasteiger partial charge in [-0.2, -0.15) is 0 Å². The van der Waals surface area contributed by atoms with Crippen molar-refractivity contribution in [3.63, 3.8) is 0 Å². The number of aromatic nitrogens is 1. The van der Waals surface area contributed by atoms with Gasteiger partial charge in [-0.05, 0) is 67.3 Å². The molecule has 0 atom stereocenters. The third kappa shape index (κ3) is 3.78. The lowest BCUT2D eigenvalue weighted by Crippen LogP contribution is -2.00. The first kappa shape index (κ1) is 17.7. The van der Waals surface area contributed by atoms with E-state index in [-0.39, 0.29) is 18.2 Å². The van der Waals surface area contributed by atoms with E-state index in [1.165, 1.54) is 17.7 Å². The van der Waals surface area contributed by atoms with Gasteiger partial charge in [0.15, 0.2) is 0 Å². The standard InChI is InChI=1S/C20H16ClFN2.ClH/c21-14-4-1-3-13(11-14)19-12-20(17-5-2-6-18(17)24-19)23-16-9-7-15(22)8-10-16;/h1,3-4,7-12H,2,5-6H2,(H,23,24);1H. The fourth-order valence-corrected chi connectivity index (χ4v) is 3.33. The minimum absolute atomic E-state index is 0. The lowest BCUT2D eigenvalue weighted by atomic mass is 10.1. The van der Waals surface area contributed by atoms with Crippen molar-refractivity contribution in [3.8, 4) is 11.3 Å². The third-order valence-electron chi connectivity index (χ3n) is 4.29. The average Bonchev–Trinajstić information content (AvgIpc) is 3.06. The Morgan fingerprint density at radius 3 is 2.56 bits per heavy atom. The van der Waals surface area contributed by atoms with Crippen LogP contribution in [0, 0.1) is 5.82 Å². The number of hydrogen-bond donors (Lipinski definition) is 1. The summed E-state index contributed by atoms with van der Waals surface area (Å²) in [4.78, 5) is 4.82. The number of nitrogens with zero attached hydrogens (tertiary/aromatic N) is 1. The molecule has 0 saturated carbocycles. The lowest BCUT2D eigenvalue weighted by molar-refractivity contribution is 0.628. The minimum atomic E-state index is -0.236. The largest absolute Gasteiger partial charge is 0.355 e. The van der Waals surface area contributed by atoms with Crippen molar-refractivity contribution >= 4 is 35.4 Å². The van der Waals surface area contributed by atoms with Gasteiger partial charge >= 0.3 is 0 Å². The summed E-state index contributed by atoms with van der Waals surface area (Å²) in [5.74, 6) is -0.236. The van der Waals surface area contributed by atoms with Gasteiger partial charge < -0.3 is 5.32 Å². The van der Waals surface area contributed by atoms with Crippen LogP contribution in [0.25, 0.3) is 11.3 Å². The highest BCUT2D eigenvalue weighted by Crippen LogP contribution is 2.34. The summed E-state index contributed by atoms with van der Waals surface area (Å²) in [6.45, 7) is 0. The van der Waals surface area contributed by atoms with Crippen molar-refractivity contribution in [1.29, 1.82) is 0 Å². The molecular weight excluding hydrogens is 358 g/mol. The number of fused-ring (bicyclic) bond motifs is 1. The molecule has 0 fully saturated rings. The molecule has 1 aliphatic carbocycles. The fourth-order valence-electron chi connectivity index (χ4n) is 3.14. The summed E-state index contributed by atoms with van der Waals surface area (Å²) in [6.07, 6.45) is 3.11. The van der Waals surface area contributed by atoms with E-state index in [9.17, 15) is 4.39 Å². The van der Waals surface area contributed by atoms with Gasteiger partial charge in [-0.25, -0.2) is 4.39 Å². The zero-order chi connectivity index (χ0) is 16.5. The summed E-state index contributed by atoms with van der Waals surface area (Å²) in [5.41, 5.74) is 6.21. The summed E-state index contributed by atoms with van der Waals surface area (Å²) < 4.78 is 13.1. The van der Waals surface area contributed by atoms with Crippen molar-refractivity contribution in [1.82, 2.24) is 4.98 Å². The molecule has 0 aliphatic heterocycles. The molecule has 128 valence electrons. The van der Waals surface area contributed by atoms with Crippen molar-refractivity contribution in [3.05, 3.63) is 76.7 Å². The van der Waals surface area contributed by atoms with Gasteiger partial charge in [-0.15, -0.1) is 12.4 Å². The second-order valence-electron chi connectivity index (χ2n) is 5.98. The Kier molecular flexibility index (Phi) is 5.26. The molecular formula is C20H17Cl2FN2. The first-order valence-electron chi connectivity index (χ1n) is 8.00. The maximum absolute atomic E-state index is 13.1. The van der Waals surface area contributed by atoms with Crippen LogP contribution in [-0.2, 0) is 12.8 Å². The molecule has 1 aromatic heterocycles. The Morgan fingerprint density at radius 2 is 1.80 bits per heavy atom. The van der Waals surface area contributed by atoms with Gasteiger partial charge in [-0.1, -0.05) is 23.7 Å². The number of aryl methyl sites for hydroxylation is 1. The van der Waals surface area contributed by atoms with E-state index in [2.05, 4.69) is 11.4 Å². The average molecular weight is 375 g/mol. The zero-order valence-electron chi connectivity index (χ0n) is 13.4. The van der Waals surface area contributed by atoms with E-state index < -0.39 is 0 Å². The van der Waals surface area contributed by atoms with Crippen LogP contribution in [0.3, 0.4) is 0 Å². The number of anilines is 2. The molecule has 2 nitrogen and oxygen atoms in total. The van der Waals surface area contributed by atoms with E-state index in [1.807, 2.05) is 24.3 Å². The smallest absolute Gasteiger partial charge is 0.123 e. The van der Waals surface area contributed by atoms with Crippen LogP contribution in [0.1, 0.15) is 17.7 Å². The van der Waals surface area contributed by atoms with Crippen molar-refractivity contribution < 1.29 is 4.39 Å². The quantitative estimate of drug-likeness (QED) is 0.590. The van der Waals surface area contributed by atoms with E-state index in [4.69, 9.17) is 16.6 Å². The molecule has 0 radical (unpaired) electrons. The molecule has 0 bridgehead atoms. The molecule has 0 amide bonds. The number of benzene rings is 2. The fraction of sp³-hybridized carbons (Fsp3) is 0.150. The molecule has 4 rings (SSSR count). The summed E-state index contributed by atoms with van der Waals surface area (Å²) >= 11 is 6.12. The highest BCUT2D eigenvalue weighted by atomic mass is 35.5. The number of nitrogens with one attached hydrogen (secondary N) is 1. The van der Waals surface area contributed by atoms with Crippen LogP contribution in [0.2, 0.25) is 5.02 Å². The molecule has 25 heavy (non-hydrogen) atoms. The Labute approximate surface area is 157 Å². The number of pyridine rings is 1. The Hall–Kier alpha value is -2.10. The van der Waals surface area contributed by atoms with E-state index in [0.717, 1.165) is 47.6 Å². The summed E-state index contributed by atoms with van der Waals surface area (Å²) in [6, 6.07) is 16.2. The Bertz CT molecular complexity index is 895. The minimum Gasteiger partial charge on any atom is -0.355 e. The Morgan fingerprint density at radius 1 is 1.00 bits per heavy atom. The van der Waals surface area contributed by atoms with Gasteiger partial charge in [0.25, 0.3) is 0 Å². The van der Waals surface area contributed by atoms with E-state index in [1.54, 1.807) is 12.1 Å². The number of halogens is 3. The maximum Gasteiger partial charge on any atom is 0.123 e. The first-order valence-corrected chi connectivity index (χ1v) is 8.38. The summed E-state index contributed by atoms with van der Waals surface area (Å²) in [7, 11) is 0. The molecule has 3 aromatic rings. The van der Waals surface area contributed by atoms with Gasteiger partial charge in [-0.3, -0.25) is 4.98 Å². The van der Waals surface area contributed by atoms with Crippen LogP contribution < -0.4 is 5.32 Å². The summed E-state index contributed by atoms with van der Waals surface area (Å²) in [5, 5.41) is 4.11. The van der Waals surface area contributed by atoms with Gasteiger partial charge in [0.1, 0.15) is 5.82 Å². The molecule has 0 unspecified atom stereocenters. The van der Waals surface area contributed by atoms with Crippen molar-refractivity contribution in [2.75, 3.05) is 5.32 Å². The molecule has 1 aliphatic rings. The van der Waals surface area contributed by atoms with Crippen LogP contribution in [0.4, 0.5) is 15.8 Å². The second-order valence-corrected chi connectivity index (χ2v) is 6.41. The van der Waals surface area contributed by atoms with E-state index >= 15 is 0 Å². The molecule has 0 spiro atoms. The SMILES string of the molecule is Cl.Fc1ccc(Nc2cc(-c3cccc(Cl)c3)nc3c2CCC3)cc1.